The number of carbonyl (C=O) groups is 1. The molecule has 26 heavy (non-hydrogen) atoms. The van der Waals surface area contributed by atoms with E-state index >= 15 is 0 Å². The van der Waals surface area contributed by atoms with Crippen molar-refractivity contribution in [2.45, 2.75) is 12.8 Å². The molecule has 0 unspecified atom stereocenters. The second kappa shape index (κ2) is 7.52. The fourth-order valence-electron chi connectivity index (χ4n) is 2.62. The minimum Gasteiger partial charge on any atom is -0.481 e. The van der Waals surface area contributed by atoms with E-state index in [0.29, 0.717) is 17.9 Å². The topological polar surface area (TPSA) is 130 Å². The number of para-hydroxylation sites is 1. The quantitative estimate of drug-likeness (QED) is 0.401. The Morgan fingerprint density at radius 3 is 2.54 bits per heavy atom. The van der Waals surface area contributed by atoms with Gasteiger partial charge in [-0.1, -0.05) is 42.5 Å². The molecule has 3 rings (SSSR count). The Morgan fingerprint density at radius 1 is 1.12 bits per heavy atom. The van der Waals surface area contributed by atoms with Gasteiger partial charge in [0.1, 0.15) is 5.82 Å². The second-order valence-corrected chi connectivity index (χ2v) is 5.79. The van der Waals surface area contributed by atoms with E-state index < -0.39 is 5.97 Å². The number of nitrogens with zero attached hydrogens (tertiary/aromatic N) is 2. The van der Waals surface area contributed by atoms with Gasteiger partial charge in [-0.15, -0.1) is 0 Å². The first-order valence-electron chi connectivity index (χ1n) is 8.08. The van der Waals surface area contributed by atoms with E-state index in [2.05, 4.69) is 15.0 Å². The van der Waals surface area contributed by atoms with E-state index in [1.165, 1.54) is 0 Å². The van der Waals surface area contributed by atoms with Gasteiger partial charge in [-0.05, 0) is 18.1 Å². The van der Waals surface area contributed by atoms with Crippen LogP contribution in [0.15, 0.2) is 59.7 Å². The van der Waals surface area contributed by atoms with Crippen LogP contribution in [0.2, 0.25) is 0 Å². The van der Waals surface area contributed by atoms with E-state index in [-0.39, 0.29) is 12.4 Å². The fourth-order valence-corrected chi connectivity index (χ4v) is 2.62. The Labute approximate surface area is 150 Å². The lowest BCUT2D eigenvalue weighted by Gasteiger charge is -2.04. The molecule has 0 fully saturated rings. The number of aliphatic imine (C=N–C) groups is 1. The Bertz CT molecular complexity index is 941. The number of benzene rings is 2. The zero-order chi connectivity index (χ0) is 18.5. The van der Waals surface area contributed by atoms with Gasteiger partial charge in [-0.25, -0.2) is 9.98 Å². The van der Waals surface area contributed by atoms with Crippen LogP contribution in [0.1, 0.15) is 12.0 Å². The van der Waals surface area contributed by atoms with Crippen molar-refractivity contribution >= 4 is 17.6 Å². The van der Waals surface area contributed by atoms with E-state index in [1.807, 2.05) is 48.5 Å². The number of aliphatic carboxylic acids is 1. The van der Waals surface area contributed by atoms with Crippen LogP contribution in [0, 0.1) is 0 Å². The molecule has 0 aliphatic heterocycles. The number of imidazole rings is 1. The van der Waals surface area contributed by atoms with Crippen molar-refractivity contribution in [3.63, 3.8) is 0 Å². The molecule has 7 nitrogen and oxygen atoms in total. The summed E-state index contributed by atoms with van der Waals surface area (Å²) in [5.74, 6) is -0.0948. The highest BCUT2D eigenvalue weighted by molar-refractivity contribution is 5.84. The number of nitrogens with one attached hydrogen (secondary N) is 1. The third-order valence-electron chi connectivity index (χ3n) is 3.87. The van der Waals surface area contributed by atoms with Gasteiger partial charge in [-0.3, -0.25) is 4.79 Å². The van der Waals surface area contributed by atoms with Crippen LogP contribution >= 0.6 is 0 Å². The summed E-state index contributed by atoms with van der Waals surface area (Å²) < 4.78 is 0. The predicted molar refractivity (Wildman–Crippen MR) is 101 cm³/mol. The zero-order valence-corrected chi connectivity index (χ0v) is 14.0. The van der Waals surface area contributed by atoms with Crippen molar-refractivity contribution in [1.29, 1.82) is 0 Å². The first-order chi connectivity index (χ1) is 12.5. The average Bonchev–Trinajstić information content (AvgIpc) is 3.10. The van der Waals surface area contributed by atoms with Gasteiger partial charge in [0, 0.05) is 17.5 Å². The smallest absolute Gasteiger partial charge is 0.303 e. The van der Waals surface area contributed by atoms with Gasteiger partial charge in [0.2, 0.25) is 0 Å². The molecule has 0 radical (unpaired) electrons. The number of aryl methyl sites for hydroxylation is 1. The highest BCUT2D eigenvalue weighted by Crippen LogP contribution is 2.30. The second-order valence-electron chi connectivity index (χ2n) is 5.79. The summed E-state index contributed by atoms with van der Waals surface area (Å²) in [5.41, 5.74) is 15.2. The lowest BCUT2D eigenvalue weighted by Crippen LogP contribution is -2.21. The number of aromatic amines is 1. The molecule has 0 aliphatic carbocycles. The fraction of sp³-hybridized carbons (Fsp3) is 0.105. The number of nitrogens with two attached hydrogens (primary N) is 2. The molecule has 132 valence electrons. The molecular formula is C19H19N5O2. The van der Waals surface area contributed by atoms with Crippen molar-refractivity contribution in [3.8, 4) is 22.6 Å². The van der Waals surface area contributed by atoms with E-state index in [9.17, 15) is 4.79 Å². The summed E-state index contributed by atoms with van der Waals surface area (Å²) in [7, 11) is 0. The van der Waals surface area contributed by atoms with E-state index in [1.54, 1.807) is 6.20 Å². The van der Waals surface area contributed by atoms with E-state index in [4.69, 9.17) is 16.6 Å². The highest BCUT2D eigenvalue weighted by atomic mass is 16.4. The third-order valence-corrected chi connectivity index (χ3v) is 3.87. The number of carboxylic acid groups (broad SMARTS) is 1. The Balaban J connectivity index is 1.85. The first kappa shape index (κ1) is 17.2. The molecule has 0 bridgehead atoms. The summed E-state index contributed by atoms with van der Waals surface area (Å²) in [5, 5.41) is 8.76. The summed E-state index contributed by atoms with van der Waals surface area (Å²) in [4.78, 5) is 22.5. The van der Waals surface area contributed by atoms with Crippen LogP contribution < -0.4 is 11.5 Å². The van der Waals surface area contributed by atoms with Gasteiger partial charge in [-0.2, -0.15) is 0 Å². The first-order valence-corrected chi connectivity index (χ1v) is 8.08. The third kappa shape index (κ3) is 4.07. The van der Waals surface area contributed by atoms with Crippen molar-refractivity contribution < 1.29 is 9.90 Å². The highest BCUT2D eigenvalue weighted by Gasteiger charge is 2.09. The van der Waals surface area contributed by atoms with Gasteiger partial charge in [0.25, 0.3) is 0 Å². The summed E-state index contributed by atoms with van der Waals surface area (Å²) in [6.07, 6.45) is 2.35. The maximum absolute atomic E-state index is 10.7. The lowest BCUT2D eigenvalue weighted by molar-refractivity contribution is -0.136. The maximum Gasteiger partial charge on any atom is 0.303 e. The van der Waals surface area contributed by atoms with Crippen molar-refractivity contribution in [1.82, 2.24) is 9.97 Å². The van der Waals surface area contributed by atoms with Gasteiger partial charge in [0.05, 0.1) is 17.6 Å². The lowest BCUT2D eigenvalue weighted by atomic mass is 10.1. The molecule has 7 heteroatoms. The molecule has 2 aromatic carbocycles. The number of guanidine groups is 1. The summed E-state index contributed by atoms with van der Waals surface area (Å²) >= 11 is 0. The number of rotatable bonds is 6. The summed E-state index contributed by atoms with van der Waals surface area (Å²) in [6, 6.07) is 15.2. The molecule has 0 saturated carbocycles. The summed E-state index contributed by atoms with van der Waals surface area (Å²) in [6.45, 7) is 0. The monoisotopic (exact) mass is 349 g/mol. The average molecular weight is 349 g/mol. The zero-order valence-electron chi connectivity index (χ0n) is 14.0. The van der Waals surface area contributed by atoms with Gasteiger partial charge >= 0.3 is 5.97 Å². The molecule has 1 aromatic heterocycles. The number of H-pyrrole nitrogens is 1. The van der Waals surface area contributed by atoms with Crippen molar-refractivity contribution in [2.75, 3.05) is 0 Å². The van der Waals surface area contributed by atoms with Gasteiger partial charge in [0.15, 0.2) is 5.96 Å². The molecular weight excluding hydrogens is 330 g/mol. The molecule has 0 amide bonds. The molecule has 0 atom stereocenters. The van der Waals surface area contributed by atoms with Crippen LogP contribution in [-0.4, -0.2) is 27.0 Å². The number of aromatic nitrogens is 2. The van der Waals surface area contributed by atoms with E-state index in [0.717, 1.165) is 22.4 Å². The van der Waals surface area contributed by atoms with Crippen molar-refractivity contribution in [3.05, 3.63) is 60.3 Å². The Kier molecular flexibility index (Phi) is 4.98. The SMILES string of the molecule is NC(N)=Nc1ccccc1-c1cnc(-c2ccc(CCC(=O)O)cc2)[nH]1. The largest absolute Gasteiger partial charge is 0.481 e. The minimum atomic E-state index is -0.802. The number of carboxylic acids is 1. The minimum absolute atomic E-state index is 0.00543. The number of hydrogen-bond donors (Lipinski definition) is 4. The molecule has 0 spiro atoms. The molecule has 0 saturated heterocycles. The molecule has 1 heterocycles. The Hall–Kier alpha value is -3.61. The van der Waals surface area contributed by atoms with Crippen molar-refractivity contribution in [2.24, 2.45) is 16.5 Å². The normalized spacial score (nSPS) is 10.5. The standard InChI is InChI=1S/C19H19N5O2/c20-19(21)24-15-4-2-1-3-14(15)16-11-22-18(23-16)13-8-5-12(6-9-13)7-10-17(25)26/h1-6,8-9,11H,7,10H2,(H,22,23)(H,25,26)(H4,20,21,24). The van der Waals surface area contributed by atoms with Crippen LogP contribution in [0.25, 0.3) is 22.6 Å². The molecule has 0 aliphatic rings. The van der Waals surface area contributed by atoms with Gasteiger partial charge < -0.3 is 21.6 Å². The van der Waals surface area contributed by atoms with Crippen LogP contribution in [-0.2, 0) is 11.2 Å². The molecule has 3 aromatic rings. The number of hydrogen-bond acceptors (Lipinski definition) is 3. The van der Waals surface area contributed by atoms with Crippen LogP contribution in [0.3, 0.4) is 0 Å². The van der Waals surface area contributed by atoms with Crippen LogP contribution in [0.5, 0.6) is 0 Å². The van der Waals surface area contributed by atoms with Crippen LogP contribution in [0.4, 0.5) is 5.69 Å². The Morgan fingerprint density at radius 2 is 1.85 bits per heavy atom. The molecule has 6 N–H and O–H groups in total. The predicted octanol–water partition coefficient (Wildman–Crippen LogP) is 2.67. The maximum atomic E-state index is 10.7.